The second kappa shape index (κ2) is 4.72. The van der Waals surface area contributed by atoms with Crippen molar-refractivity contribution in [3.8, 4) is 5.75 Å². The van der Waals surface area contributed by atoms with E-state index in [4.69, 9.17) is 4.74 Å². The van der Waals surface area contributed by atoms with Gasteiger partial charge in [0, 0.05) is 0 Å². The summed E-state index contributed by atoms with van der Waals surface area (Å²) in [5, 5.41) is 0. The van der Waals surface area contributed by atoms with E-state index >= 15 is 0 Å². The van der Waals surface area contributed by atoms with E-state index < -0.39 is 0 Å². The van der Waals surface area contributed by atoms with Gasteiger partial charge < -0.3 is 4.74 Å². The maximum absolute atomic E-state index is 10.7. The summed E-state index contributed by atoms with van der Waals surface area (Å²) in [4.78, 5) is 14.7. The number of methoxy groups -OCH3 is 1. The largest absolute Gasteiger partial charge is 0.497 e. The van der Waals surface area contributed by atoms with E-state index in [0.29, 0.717) is 0 Å². The minimum absolute atomic E-state index is 0.360. The molecule has 0 spiro atoms. The molecule has 1 aliphatic carbocycles. The van der Waals surface area contributed by atoms with Crippen LogP contribution in [0.4, 0.5) is 0 Å². The minimum atomic E-state index is -0.360. The van der Waals surface area contributed by atoms with Crippen LogP contribution in [0.3, 0.4) is 0 Å². The Labute approximate surface area is 102 Å². The zero-order valence-electron chi connectivity index (χ0n) is 10.3. The number of benzene rings is 1. The molecule has 3 nitrogen and oxygen atoms in total. The molecule has 0 radical (unpaired) electrons. The van der Waals surface area contributed by atoms with Crippen LogP contribution in [-0.2, 0) is 10.3 Å². The lowest BCUT2D eigenvalue weighted by Gasteiger charge is -2.23. The molecule has 0 aliphatic heterocycles. The molecule has 0 bridgehead atoms. The first-order valence-corrected chi connectivity index (χ1v) is 5.95. The van der Waals surface area contributed by atoms with Gasteiger partial charge in [0.1, 0.15) is 5.75 Å². The SMILES string of the molecule is COc1cc(C)cc(C2(N=C=O)CCCC2)c1. The Hall–Kier alpha value is -1.60. The maximum atomic E-state index is 10.7. The number of aliphatic imine (C=N–C) groups is 1. The van der Waals surface area contributed by atoms with Crippen LogP contribution in [0.15, 0.2) is 23.2 Å². The topological polar surface area (TPSA) is 38.7 Å². The Balaban J connectivity index is 2.49. The molecule has 1 aromatic carbocycles. The smallest absolute Gasteiger partial charge is 0.235 e. The van der Waals surface area contributed by atoms with Crippen LogP contribution in [0, 0.1) is 6.92 Å². The molecule has 1 aromatic rings. The Morgan fingerprint density at radius 1 is 1.29 bits per heavy atom. The molecule has 0 saturated heterocycles. The number of hydrogen-bond acceptors (Lipinski definition) is 3. The summed E-state index contributed by atoms with van der Waals surface area (Å²) in [5.74, 6) is 0.826. The highest BCUT2D eigenvalue weighted by Crippen LogP contribution is 2.43. The van der Waals surface area contributed by atoms with Crippen LogP contribution < -0.4 is 4.74 Å². The molecule has 90 valence electrons. The van der Waals surface area contributed by atoms with Gasteiger partial charge in [-0.25, -0.2) is 4.79 Å². The van der Waals surface area contributed by atoms with E-state index in [0.717, 1.165) is 42.6 Å². The van der Waals surface area contributed by atoms with Crippen molar-refractivity contribution in [2.75, 3.05) is 7.11 Å². The van der Waals surface area contributed by atoms with Gasteiger partial charge in [-0.05, 0) is 43.0 Å². The van der Waals surface area contributed by atoms with E-state index in [-0.39, 0.29) is 5.54 Å². The van der Waals surface area contributed by atoms with Crippen molar-refractivity contribution in [2.24, 2.45) is 4.99 Å². The van der Waals surface area contributed by atoms with Crippen molar-refractivity contribution in [1.29, 1.82) is 0 Å². The third kappa shape index (κ3) is 2.25. The molecule has 17 heavy (non-hydrogen) atoms. The molecule has 0 aromatic heterocycles. The van der Waals surface area contributed by atoms with E-state index in [2.05, 4.69) is 11.1 Å². The first-order valence-electron chi connectivity index (χ1n) is 5.95. The van der Waals surface area contributed by atoms with Gasteiger partial charge in [-0.2, -0.15) is 4.99 Å². The van der Waals surface area contributed by atoms with Crippen LogP contribution in [-0.4, -0.2) is 13.2 Å². The number of nitrogens with zero attached hydrogens (tertiary/aromatic N) is 1. The Bertz CT molecular complexity index is 455. The van der Waals surface area contributed by atoms with E-state index in [1.54, 1.807) is 13.2 Å². The second-order valence-electron chi connectivity index (χ2n) is 4.68. The van der Waals surface area contributed by atoms with Crippen molar-refractivity contribution in [1.82, 2.24) is 0 Å². The molecule has 3 heteroatoms. The quantitative estimate of drug-likeness (QED) is 0.592. The lowest BCUT2D eigenvalue weighted by Crippen LogP contribution is -2.19. The van der Waals surface area contributed by atoms with Gasteiger partial charge in [-0.15, -0.1) is 0 Å². The average molecular weight is 231 g/mol. The number of hydrogen-bond donors (Lipinski definition) is 0. The van der Waals surface area contributed by atoms with Crippen molar-refractivity contribution in [3.63, 3.8) is 0 Å². The molecule has 1 aliphatic rings. The standard InChI is InChI=1S/C14H17NO2/c1-11-7-12(9-13(8-11)17-2)14(15-10-16)5-3-4-6-14/h7-9H,3-6H2,1-2H3. The fourth-order valence-corrected chi connectivity index (χ4v) is 2.65. The molecular formula is C14H17NO2. The predicted octanol–water partition coefficient (Wildman–Crippen LogP) is 3.11. The zero-order valence-corrected chi connectivity index (χ0v) is 10.3. The first-order chi connectivity index (χ1) is 8.20. The third-order valence-corrected chi connectivity index (χ3v) is 3.51. The highest BCUT2D eigenvalue weighted by atomic mass is 16.5. The van der Waals surface area contributed by atoms with Crippen molar-refractivity contribution >= 4 is 6.08 Å². The summed E-state index contributed by atoms with van der Waals surface area (Å²) in [6, 6.07) is 6.06. The molecule has 0 atom stereocenters. The fourth-order valence-electron chi connectivity index (χ4n) is 2.65. The zero-order chi connectivity index (χ0) is 12.3. The number of carbonyl (C=O) groups excluding carboxylic acids is 1. The molecule has 1 saturated carbocycles. The summed E-state index contributed by atoms with van der Waals surface area (Å²) < 4.78 is 5.28. The molecular weight excluding hydrogens is 214 g/mol. The summed E-state index contributed by atoms with van der Waals surface area (Å²) in [6.45, 7) is 2.03. The normalized spacial score (nSPS) is 17.5. The molecule has 2 rings (SSSR count). The third-order valence-electron chi connectivity index (χ3n) is 3.51. The lowest BCUT2D eigenvalue weighted by atomic mass is 9.88. The molecule has 0 heterocycles. The summed E-state index contributed by atoms with van der Waals surface area (Å²) >= 11 is 0. The number of aryl methyl sites for hydroxylation is 1. The monoisotopic (exact) mass is 231 g/mol. The molecule has 0 N–H and O–H groups in total. The van der Waals surface area contributed by atoms with E-state index in [9.17, 15) is 4.79 Å². The van der Waals surface area contributed by atoms with Gasteiger partial charge in [0.2, 0.25) is 6.08 Å². The van der Waals surface area contributed by atoms with Crippen LogP contribution in [0.25, 0.3) is 0 Å². The van der Waals surface area contributed by atoms with Crippen molar-refractivity contribution in [3.05, 3.63) is 29.3 Å². The summed E-state index contributed by atoms with van der Waals surface area (Å²) in [6.07, 6.45) is 5.82. The second-order valence-corrected chi connectivity index (χ2v) is 4.68. The Morgan fingerprint density at radius 2 is 2.00 bits per heavy atom. The van der Waals surface area contributed by atoms with Crippen LogP contribution in [0.1, 0.15) is 36.8 Å². The molecule has 0 unspecified atom stereocenters. The van der Waals surface area contributed by atoms with Crippen LogP contribution in [0.2, 0.25) is 0 Å². The van der Waals surface area contributed by atoms with Gasteiger partial charge in [-0.3, -0.25) is 0 Å². The fraction of sp³-hybridized carbons (Fsp3) is 0.500. The van der Waals surface area contributed by atoms with Gasteiger partial charge >= 0.3 is 0 Å². The van der Waals surface area contributed by atoms with Gasteiger partial charge in [0.15, 0.2) is 0 Å². The average Bonchev–Trinajstić information content (AvgIpc) is 2.78. The number of ether oxygens (including phenoxy) is 1. The lowest BCUT2D eigenvalue weighted by molar-refractivity contribution is 0.408. The van der Waals surface area contributed by atoms with Crippen LogP contribution >= 0.6 is 0 Å². The van der Waals surface area contributed by atoms with Crippen LogP contribution in [0.5, 0.6) is 5.75 Å². The summed E-state index contributed by atoms with van der Waals surface area (Å²) in [7, 11) is 1.66. The minimum Gasteiger partial charge on any atom is -0.497 e. The van der Waals surface area contributed by atoms with E-state index in [1.807, 2.05) is 19.1 Å². The summed E-state index contributed by atoms with van der Waals surface area (Å²) in [5.41, 5.74) is 1.85. The molecule has 1 fully saturated rings. The Morgan fingerprint density at radius 3 is 2.59 bits per heavy atom. The van der Waals surface area contributed by atoms with Crippen molar-refractivity contribution in [2.45, 2.75) is 38.1 Å². The number of rotatable bonds is 3. The van der Waals surface area contributed by atoms with Gasteiger partial charge in [0.05, 0.1) is 12.6 Å². The van der Waals surface area contributed by atoms with Gasteiger partial charge in [0.25, 0.3) is 0 Å². The highest BCUT2D eigenvalue weighted by molar-refractivity contribution is 5.42. The Kier molecular flexibility index (Phi) is 3.30. The first kappa shape index (κ1) is 11.9. The predicted molar refractivity (Wildman–Crippen MR) is 66.0 cm³/mol. The molecule has 0 amide bonds. The number of isocyanates is 1. The maximum Gasteiger partial charge on any atom is 0.235 e. The van der Waals surface area contributed by atoms with Crippen molar-refractivity contribution < 1.29 is 9.53 Å². The van der Waals surface area contributed by atoms with Gasteiger partial charge in [-0.1, -0.05) is 18.9 Å². The highest BCUT2D eigenvalue weighted by Gasteiger charge is 2.36. The van der Waals surface area contributed by atoms with E-state index in [1.165, 1.54) is 0 Å².